The van der Waals surface area contributed by atoms with E-state index in [2.05, 4.69) is 12.2 Å². The van der Waals surface area contributed by atoms with Crippen LogP contribution in [0.5, 0.6) is 0 Å². The number of nitrogens with one attached hydrogen (secondary N) is 1. The van der Waals surface area contributed by atoms with Gasteiger partial charge in [-0.1, -0.05) is 24.6 Å². The lowest BCUT2D eigenvalue weighted by molar-refractivity contribution is -0.113. The summed E-state index contributed by atoms with van der Waals surface area (Å²) in [5, 5.41) is 3.01. The molecule has 0 saturated heterocycles. The lowest BCUT2D eigenvalue weighted by atomic mass is 9.88. The van der Waals surface area contributed by atoms with Crippen LogP contribution in [0.1, 0.15) is 39.7 Å². The summed E-state index contributed by atoms with van der Waals surface area (Å²) in [6, 6.07) is 6.36. The topological polar surface area (TPSA) is 89.5 Å². The predicted molar refractivity (Wildman–Crippen MR) is 109 cm³/mol. The van der Waals surface area contributed by atoms with Crippen molar-refractivity contribution in [1.29, 1.82) is 0 Å². The fourth-order valence-electron chi connectivity index (χ4n) is 3.32. The van der Waals surface area contributed by atoms with Crippen LogP contribution < -0.4 is 5.32 Å². The van der Waals surface area contributed by atoms with Crippen LogP contribution in [0.4, 0.5) is 5.00 Å². The molecular formula is C20H23NO5S2. The van der Waals surface area contributed by atoms with Crippen molar-refractivity contribution in [3.8, 4) is 0 Å². The first-order valence-corrected chi connectivity index (χ1v) is 11.5. The number of carbonyl (C=O) groups excluding carboxylic acids is 2. The van der Waals surface area contributed by atoms with Crippen LogP contribution in [-0.4, -0.2) is 33.2 Å². The molecule has 1 N–H and O–H groups in total. The summed E-state index contributed by atoms with van der Waals surface area (Å²) in [5.74, 6) is -1.36. The molecule has 150 valence electrons. The van der Waals surface area contributed by atoms with Gasteiger partial charge in [-0.3, -0.25) is 4.79 Å². The molecule has 0 bridgehead atoms. The fraction of sp³-hybridized carbons (Fsp3) is 0.400. The van der Waals surface area contributed by atoms with E-state index in [1.807, 2.05) is 6.92 Å². The Morgan fingerprint density at radius 1 is 1.25 bits per heavy atom. The Bertz CT molecular complexity index is 1010. The molecule has 2 aromatic rings. The van der Waals surface area contributed by atoms with Gasteiger partial charge in [0.2, 0.25) is 5.91 Å². The number of aryl methyl sites for hydroxylation is 1. The smallest absolute Gasteiger partial charge is 0.341 e. The number of hydrogen-bond acceptors (Lipinski definition) is 6. The fourth-order valence-corrected chi connectivity index (χ4v) is 5.87. The van der Waals surface area contributed by atoms with Gasteiger partial charge in [0, 0.05) is 4.88 Å². The van der Waals surface area contributed by atoms with Crippen molar-refractivity contribution < 1.29 is 22.7 Å². The maximum absolute atomic E-state index is 12.5. The second-order valence-electron chi connectivity index (χ2n) is 7.17. The second-order valence-corrected chi connectivity index (χ2v) is 10.3. The predicted octanol–water partition coefficient (Wildman–Crippen LogP) is 3.38. The molecule has 1 aliphatic carbocycles. The number of thiophene rings is 1. The molecule has 0 fully saturated rings. The van der Waals surface area contributed by atoms with E-state index in [9.17, 15) is 18.0 Å². The zero-order valence-electron chi connectivity index (χ0n) is 16.1. The summed E-state index contributed by atoms with van der Waals surface area (Å²) in [4.78, 5) is 25.9. The number of methoxy groups -OCH3 is 1. The molecule has 1 atom stereocenters. The largest absolute Gasteiger partial charge is 0.465 e. The third-order valence-electron chi connectivity index (χ3n) is 4.86. The molecule has 28 heavy (non-hydrogen) atoms. The maximum Gasteiger partial charge on any atom is 0.341 e. The quantitative estimate of drug-likeness (QED) is 0.748. The molecule has 1 amide bonds. The van der Waals surface area contributed by atoms with E-state index in [1.165, 1.54) is 30.6 Å². The maximum atomic E-state index is 12.5. The number of carbonyl (C=O) groups is 2. The van der Waals surface area contributed by atoms with Crippen LogP contribution in [-0.2, 0) is 32.2 Å². The minimum atomic E-state index is -3.77. The highest BCUT2D eigenvalue weighted by molar-refractivity contribution is 7.92. The standard InChI is InChI=1S/C20H23NO5S2/c1-12-4-7-14(8-5-12)28(24,25)11-17(22)21-19-18(20(23)26-3)15-9-6-13(2)10-16(15)27-19/h4-5,7-8,13H,6,9-11H2,1-3H3,(H,21,22). The number of esters is 1. The monoisotopic (exact) mass is 421 g/mol. The summed E-state index contributed by atoms with van der Waals surface area (Å²) < 4.78 is 29.9. The molecule has 3 rings (SSSR count). The van der Waals surface area contributed by atoms with Crippen molar-refractivity contribution in [2.45, 2.75) is 38.0 Å². The van der Waals surface area contributed by atoms with E-state index < -0.39 is 27.5 Å². The lowest BCUT2D eigenvalue weighted by Crippen LogP contribution is -2.23. The molecular weight excluding hydrogens is 398 g/mol. The van der Waals surface area contributed by atoms with Gasteiger partial charge >= 0.3 is 5.97 Å². The first-order chi connectivity index (χ1) is 13.2. The van der Waals surface area contributed by atoms with E-state index in [1.54, 1.807) is 12.1 Å². The van der Waals surface area contributed by atoms with Gasteiger partial charge in [0.25, 0.3) is 0 Å². The zero-order valence-corrected chi connectivity index (χ0v) is 17.7. The highest BCUT2D eigenvalue weighted by Gasteiger charge is 2.29. The summed E-state index contributed by atoms with van der Waals surface area (Å²) in [7, 11) is -2.47. The minimum Gasteiger partial charge on any atom is -0.465 e. The number of anilines is 1. The first kappa shape index (κ1) is 20.5. The van der Waals surface area contributed by atoms with Crippen LogP contribution in [0.15, 0.2) is 29.2 Å². The Labute approximate surface area is 168 Å². The summed E-state index contributed by atoms with van der Waals surface area (Å²) in [6.07, 6.45) is 2.54. The first-order valence-electron chi connectivity index (χ1n) is 9.03. The van der Waals surface area contributed by atoms with Crippen molar-refractivity contribution >= 4 is 38.1 Å². The van der Waals surface area contributed by atoms with Crippen molar-refractivity contribution in [3.05, 3.63) is 45.8 Å². The highest BCUT2D eigenvalue weighted by Crippen LogP contribution is 2.40. The van der Waals surface area contributed by atoms with Crippen molar-refractivity contribution in [3.63, 3.8) is 0 Å². The molecule has 0 radical (unpaired) electrons. The van der Waals surface area contributed by atoms with E-state index in [-0.39, 0.29) is 4.90 Å². The lowest BCUT2D eigenvalue weighted by Gasteiger charge is -2.18. The molecule has 1 aromatic carbocycles. The number of amides is 1. The van der Waals surface area contributed by atoms with Crippen molar-refractivity contribution in [2.75, 3.05) is 18.2 Å². The van der Waals surface area contributed by atoms with Gasteiger partial charge in [-0.05, 0) is 49.8 Å². The molecule has 8 heteroatoms. The number of rotatable bonds is 5. The van der Waals surface area contributed by atoms with Gasteiger partial charge in [0.05, 0.1) is 17.6 Å². The molecule has 6 nitrogen and oxygen atoms in total. The van der Waals surface area contributed by atoms with Crippen LogP contribution in [0.2, 0.25) is 0 Å². The molecule has 0 aliphatic heterocycles. The van der Waals surface area contributed by atoms with Crippen LogP contribution in [0, 0.1) is 12.8 Å². The minimum absolute atomic E-state index is 0.0979. The number of ether oxygens (including phenoxy) is 1. The third-order valence-corrected chi connectivity index (χ3v) is 7.66. The van der Waals surface area contributed by atoms with Crippen molar-refractivity contribution in [2.24, 2.45) is 5.92 Å². The summed E-state index contributed by atoms with van der Waals surface area (Å²) in [5.41, 5.74) is 2.20. The van der Waals surface area contributed by atoms with Gasteiger partial charge < -0.3 is 10.1 Å². The Kier molecular flexibility index (Phi) is 5.90. The number of benzene rings is 1. The Morgan fingerprint density at radius 2 is 1.93 bits per heavy atom. The Balaban J connectivity index is 1.84. The van der Waals surface area contributed by atoms with Gasteiger partial charge in [0.1, 0.15) is 10.8 Å². The molecule has 1 heterocycles. The number of hydrogen-bond donors (Lipinski definition) is 1. The Hall–Kier alpha value is -2.19. The van der Waals surface area contributed by atoms with E-state index in [4.69, 9.17) is 4.74 Å². The van der Waals surface area contributed by atoms with Gasteiger partial charge in [0.15, 0.2) is 9.84 Å². The third kappa shape index (κ3) is 4.28. The van der Waals surface area contributed by atoms with E-state index in [0.29, 0.717) is 16.5 Å². The summed E-state index contributed by atoms with van der Waals surface area (Å²) in [6.45, 7) is 4.00. The highest BCUT2D eigenvalue weighted by atomic mass is 32.2. The average Bonchev–Trinajstić information content (AvgIpc) is 2.97. The average molecular weight is 422 g/mol. The number of sulfone groups is 1. The van der Waals surface area contributed by atoms with E-state index in [0.717, 1.165) is 35.3 Å². The van der Waals surface area contributed by atoms with Crippen molar-refractivity contribution in [1.82, 2.24) is 0 Å². The SMILES string of the molecule is COC(=O)c1c(NC(=O)CS(=O)(=O)c2ccc(C)cc2)sc2c1CCC(C)C2. The molecule has 1 unspecified atom stereocenters. The normalized spacial score (nSPS) is 16.3. The summed E-state index contributed by atoms with van der Waals surface area (Å²) >= 11 is 1.33. The zero-order chi connectivity index (χ0) is 20.5. The number of fused-ring (bicyclic) bond motifs is 1. The van der Waals surface area contributed by atoms with Gasteiger partial charge in [-0.25, -0.2) is 13.2 Å². The van der Waals surface area contributed by atoms with Gasteiger partial charge in [-0.2, -0.15) is 0 Å². The molecule has 1 aliphatic rings. The van der Waals surface area contributed by atoms with E-state index >= 15 is 0 Å². The van der Waals surface area contributed by atoms with Crippen LogP contribution >= 0.6 is 11.3 Å². The van der Waals surface area contributed by atoms with Crippen LogP contribution in [0.25, 0.3) is 0 Å². The van der Waals surface area contributed by atoms with Gasteiger partial charge in [-0.15, -0.1) is 11.3 Å². The molecule has 0 saturated carbocycles. The second kappa shape index (κ2) is 8.05. The Morgan fingerprint density at radius 3 is 2.57 bits per heavy atom. The molecule has 1 aromatic heterocycles. The molecule has 0 spiro atoms. The van der Waals surface area contributed by atoms with Crippen LogP contribution in [0.3, 0.4) is 0 Å².